The van der Waals surface area contributed by atoms with Crippen molar-refractivity contribution in [1.29, 1.82) is 0 Å². The SMILES string of the molecule is CC=CCn1nnc2c(C)c(/C=C/C(=O)O)ccc21. The average Bonchev–Trinajstić information content (AvgIpc) is 2.79. The van der Waals surface area contributed by atoms with E-state index >= 15 is 0 Å². The van der Waals surface area contributed by atoms with Crippen molar-refractivity contribution in [3.8, 4) is 0 Å². The molecule has 5 heteroatoms. The number of carboxylic acids is 1. The summed E-state index contributed by atoms with van der Waals surface area (Å²) in [6, 6.07) is 3.79. The third-order valence-electron chi connectivity index (χ3n) is 2.90. The van der Waals surface area contributed by atoms with Crippen LogP contribution in [0.5, 0.6) is 0 Å². The summed E-state index contributed by atoms with van der Waals surface area (Å²) >= 11 is 0. The molecule has 1 N–H and O–H groups in total. The van der Waals surface area contributed by atoms with Crippen molar-refractivity contribution in [2.75, 3.05) is 0 Å². The van der Waals surface area contributed by atoms with Crippen LogP contribution in [-0.2, 0) is 11.3 Å². The van der Waals surface area contributed by atoms with Gasteiger partial charge in [0.05, 0.1) is 12.1 Å². The molecule has 98 valence electrons. The molecule has 0 aliphatic heterocycles. The summed E-state index contributed by atoms with van der Waals surface area (Å²) in [7, 11) is 0. The Hall–Kier alpha value is -2.43. The Morgan fingerprint density at radius 2 is 2.26 bits per heavy atom. The van der Waals surface area contributed by atoms with Gasteiger partial charge in [-0.05, 0) is 37.1 Å². The standard InChI is InChI=1S/C14H15N3O2/c1-3-4-9-17-12-7-5-11(6-8-13(18)19)10(2)14(12)15-16-17/h3-8H,9H2,1-2H3,(H,18,19)/b4-3?,8-6+. The Kier molecular flexibility index (Phi) is 3.75. The van der Waals surface area contributed by atoms with Gasteiger partial charge in [0.25, 0.3) is 0 Å². The topological polar surface area (TPSA) is 68.0 Å². The lowest BCUT2D eigenvalue weighted by molar-refractivity contribution is -0.131. The van der Waals surface area contributed by atoms with Crippen LogP contribution in [0.15, 0.2) is 30.4 Å². The highest BCUT2D eigenvalue weighted by Gasteiger charge is 2.08. The molecule has 0 aliphatic rings. The van der Waals surface area contributed by atoms with Gasteiger partial charge in [0.2, 0.25) is 0 Å². The van der Waals surface area contributed by atoms with Crippen LogP contribution < -0.4 is 0 Å². The molecule has 0 saturated carbocycles. The first-order valence-electron chi connectivity index (χ1n) is 5.98. The van der Waals surface area contributed by atoms with Gasteiger partial charge in [0.1, 0.15) is 5.52 Å². The number of aliphatic carboxylic acids is 1. The lowest BCUT2D eigenvalue weighted by atomic mass is 10.1. The Morgan fingerprint density at radius 1 is 1.47 bits per heavy atom. The number of allylic oxidation sites excluding steroid dienone is 2. The van der Waals surface area contributed by atoms with E-state index in [9.17, 15) is 4.79 Å². The lowest BCUT2D eigenvalue weighted by Gasteiger charge is -2.02. The number of benzene rings is 1. The van der Waals surface area contributed by atoms with Crippen LogP contribution >= 0.6 is 0 Å². The smallest absolute Gasteiger partial charge is 0.328 e. The molecule has 0 amide bonds. The van der Waals surface area contributed by atoms with Crippen molar-refractivity contribution in [3.63, 3.8) is 0 Å². The lowest BCUT2D eigenvalue weighted by Crippen LogP contribution is -1.97. The van der Waals surface area contributed by atoms with Crippen molar-refractivity contribution in [1.82, 2.24) is 15.0 Å². The van der Waals surface area contributed by atoms with E-state index in [1.165, 1.54) is 0 Å². The van der Waals surface area contributed by atoms with E-state index in [0.29, 0.717) is 6.54 Å². The molecular weight excluding hydrogens is 242 g/mol. The average molecular weight is 257 g/mol. The number of hydrogen-bond donors (Lipinski definition) is 1. The fraction of sp³-hybridized carbons (Fsp3) is 0.214. The molecule has 19 heavy (non-hydrogen) atoms. The molecule has 1 aromatic carbocycles. The maximum Gasteiger partial charge on any atom is 0.328 e. The number of carboxylic acid groups (broad SMARTS) is 1. The van der Waals surface area contributed by atoms with Gasteiger partial charge in [0, 0.05) is 6.08 Å². The molecule has 2 aromatic rings. The van der Waals surface area contributed by atoms with E-state index in [2.05, 4.69) is 10.3 Å². The van der Waals surface area contributed by atoms with E-state index in [1.807, 2.05) is 42.8 Å². The van der Waals surface area contributed by atoms with Crippen molar-refractivity contribution in [3.05, 3.63) is 41.5 Å². The second kappa shape index (κ2) is 5.48. The molecule has 0 atom stereocenters. The van der Waals surface area contributed by atoms with E-state index in [0.717, 1.165) is 28.2 Å². The largest absolute Gasteiger partial charge is 0.478 e. The molecule has 0 spiro atoms. The van der Waals surface area contributed by atoms with Gasteiger partial charge < -0.3 is 5.11 Å². The zero-order chi connectivity index (χ0) is 13.8. The Morgan fingerprint density at radius 3 is 2.95 bits per heavy atom. The maximum absolute atomic E-state index is 10.5. The molecule has 2 rings (SSSR count). The summed E-state index contributed by atoms with van der Waals surface area (Å²) in [5.41, 5.74) is 3.52. The van der Waals surface area contributed by atoms with Crippen molar-refractivity contribution in [2.45, 2.75) is 20.4 Å². The minimum absolute atomic E-state index is 0.677. The fourth-order valence-electron chi connectivity index (χ4n) is 1.86. The first kappa shape index (κ1) is 13.0. The van der Waals surface area contributed by atoms with Crippen molar-refractivity contribution < 1.29 is 9.90 Å². The summed E-state index contributed by atoms with van der Waals surface area (Å²) in [6.07, 6.45) is 6.66. The van der Waals surface area contributed by atoms with Gasteiger partial charge >= 0.3 is 5.97 Å². The second-order valence-electron chi connectivity index (χ2n) is 4.16. The first-order chi connectivity index (χ1) is 9.13. The van der Waals surface area contributed by atoms with Gasteiger partial charge in [-0.3, -0.25) is 0 Å². The number of aryl methyl sites for hydroxylation is 1. The molecule has 0 fully saturated rings. The quantitative estimate of drug-likeness (QED) is 0.674. The molecule has 0 bridgehead atoms. The zero-order valence-electron chi connectivity index (χ0n) is 10.9. The number of aromatic nitrogens is 3. The summed E-state index contributed by atoms with van der Waals surface area (Å²) < 4.78 is 1.81. The molecule has 5 nitrogen and oxygen atoms in total. The predicted molar refractivity (Wildman–Crippen MR) is 73.7 cm³/mol. The van der Waals surface area contributed by atoms with Gasteiger partial charge in [0.15, 0.2) is 0 Å². The van der Waals surface area contributed by atoms with Gasteiger partial charge in [-0.2, -0.15) is 0 Å². The summed E-state index contributed by atoms with van der Waals surface area (Å²) in [5.74, 6) is -0.962. The molecule has 1 aromatic heterocycles. The minimum Gasteiger partial charge on any atom is -0.478 e. The zero-order valence-corrected chi connectivity index (χ0v) is 10.9. The first-order valence-corrected chi connectivity index (χ1v) is 5.98. The predicted octanol–water partition coefficient (Wildman–Crippen LogP) is 2.41. The highest BCUT2D eigenvalue weighted by atomic mass is 16.4. The van der Waals surface area contributed by atoms with Crippen LogP contribution in [-0.4, -0.2) is 26.1 Å². The molecule has 0 unspecified atom stereocenters. The van der Waals surface area contributed by atoms with Crippen LogP contribution in [0.4, 0.5) is 0 Å². The van der Waals surface area contributed by atoms with E-state index in [4.69, 9.17) is 5.11 Å². The van der Waals surface area contributed by atoms with E-state index < -0.39 is 5.97 Å². The second-order valence-corrected chi connectivity index (χ2v) is 4.16. The molecule has 0 saturated heterocycles. The van der Waals surface area contributed by atoms with Gasteiger partial charge in [-0.1, -0.05) is 23.4 Å². The highest BCUT2D eigenvalue weighted by molar-refractivity contribution is 5.88. The summed E-state index contributed by atoms with van der Waals surface area (Å²) in [6.45, 7) is 4.55. The number of hydrogen-bond acceptors (Lipinski definition) is 3. The fourth-order valence-corrected chi connectivity index (χ4v) is 1.86. The van der Waals surface area contributed by atoms with Crippen molar-refractivity contribution in [2.24, 2.45) is 0 Å². The summed E-state index contributed by atoms with van der Waals surface area (Å²) in [4.78, 5) is 10.5. The Labute approximate surface area is 110 Å². The number of fused-ring (bicyclic) bond motifs is 1. The number of rotatable bonds is 4. The Bertz CT molecular complexity index is 669. The van der Waals surface area contributed by atoms with E-state index in [-0.39, 0.29) is 0 Å². The van der Waals surface area contributed by atoms with Crippen LogP contribution in [0.1, 0.15) is 18.1 Å². The minimum atomic E-state index is -0.962. The Balaban J connectivity index is 2.46. The van der Waals surface area contributed by atoms with Crippen molar-refractivity contribution >= 4 is 23.1 Å². The number of carbonyl (C=O) groups is 1. The molecule has 0 aliphatic carbocycles. The van der Waals surface area contributed by atoms with Crippen LogP contribution in [0.25, 0.3) is 17.1 Å². The molecule has 1 heterocycles. The normalized spacial score (nSPS) is 11.9. The highest BCUT2D eigenvalue weighted by Crippen LogP contribution is 2.20. The monoisotopic (exact) mass is 257 g/mol. The molecule has 0 radical (unpaired) electrons. The molecular formula is C14H15N3O2. The third kappa shape index (κ3) is 2.70. The van der Waals surface area contributed by atoms with Gasteiger partial charge in [-0.25, -0.2) is 9.48 Å². The maximum atomic E-state index is 10.5. The number of nitrogens with zero attached hydrogens (tertiary/aromatic N) is 3. The van der Waals surface area contributed by atoms with Crippen LogP contribution in [0.3, 0.4) is 0 Å². The van der Waals surface area contributed by atoms with E-state index in [1.54, 1.807) is 6.08 Å². The third-order valence-corrected chi connectivity index (χ3v) is 2.90. The summed E-state index contributed by atoms with van der Waals surface area (Å²) in [5, 5.41) is 16.9. The van der Waals surface area contributed by atoms with Gasteiger partial charge in [-0.15, -0.1) is 5.10 Å². The van der Waals surface area contributed by atoms with Crippen LogP contribution in [0, 0.1) is 6.92 Å². The van der Waals surface area contributed by atoms with Crippen LogP contribution in [0.2, 0.25) is 0 Å².